The highest BCUT2D eigenvalue weighted by atomic mass is 16.7. The fourth-order valence-corrected chi connectivity index (χ4v) is 2.76. The van der Waals surface area contributed by atoms with Crippen LogP contribution in [0.15, 0.2) is 18.2 Å². The summed E-state index contributed by atoms with van der Waals surface area (Å²) in [5.74, 6) is 0.201. The van der Waals surface area contributed by atoms with Crippen LogP contribution >= 0.6 is 0 Å². The van der Waals surface area contributed by atoms with Crippen molar-refractivity contribution in [2.24, 2.45) is 5.41 Å². The van der Waals surface area contributed by atoms with Crippen molar-refractivity contribution in [1.82, 2.24) is 5.32 Å². The minimum atomic E-state index is -0.874. The maximum absolute atomic E-state index is 12.0. The Hall–Kier alpha value is -2.24. The maximum atomic E-state index is 12.0. The van der Waals surface area contributed by atoms with Crippen molar-refractivity contribution in [1.29, 1.82) is 0 Å². The number of nitrogens with one attached hydrogen (secondary N) is 1. The van der Waals surface area contributed by atoms with E-state index in [-0.39, 0.29) is 19.1 Å². The van der Waals surface area contributed by atoms with Crippen molar-refractivity contribution >= 4 is 11.9 Å². The summed E-state index contributed by atoms with van der Waals surface area (Å²) in [6, 6.07) is 5.49. The molecule has 1 aromatic carbocycles. The fourth-order valence-electron chi connectivity index (χ4n) is 2.76. The molecule has 2 N–H and O–H groups in total. The summed E-state index contributed by atoms with van der Waals surface area (Å²) >= 11 is 0. The number of carboxylic acids is 1. The molecule has 1 aliphatic carbocycles. The van der Waals surface area contributed by atoms with Gasteiger partial charge in [0.1, 0.15) is 0 Å². The van der Waals surface area contributed by atoms with Crippen LogP contribution in [0.5, 0.6) is 11.5 Å². The molecule has 0 aromatic heterocycles. The Morgan fingerprint density at radius 2 is 2.10 bits per heavy atom. The van der Waals surface area contributed by atoms with Crippen LogP contribution in [0.3, 0.4) is 0 Å². The third-order valence-corrected chi connectivity index (χ3v) is 4.22. The molecule has 3 rings (SSSR count). The zero-order valence-electron chi connectivity index (χ0n) is 11.6. The Kier molecular flexibility index (Phi) is 3.45. The number of fused-ring (bicyclic) bond motifs is 1. The largest absolute Gasteiger partial charge is 0.481 e. The lowest BCUT2D eigenvalue weighted by Crippen LogP contribution is -2.42. The van der Waals surface area contributed by atoms with Crippen LogP contribution in [-0.4, -0.2) is 23.8 Å². The molecule has 6 heteroatoms. The monoisotopic (exact) mass is 291 g/mol. The number of hydrogen-bond acceptors (Lipinski definition) is 4. The Labute approximate surface area is 122 Å². The van der Waals surface area contributed by atoms with Crippen molar-refractivity contribution in [2.75, 3.05) is 6.79 Å². The van der Waals surface area contributed by atoms with Gasteiger partial charge in [-0.05, 0) is 18.9 Å². The second-order valence-corrected chi connectivity index (χ2v) is 5.54. The first-order chi connectivity index (χ1) is 10.1. The summed E-state index contributed by atoms with van der Waals surface area (Å²) in [5, 5.41) is 12.0. The van der Waals surface area contributed by atoms with Gasteiger partial charge in [0, 0.05) is 18.5 Å². The zero-order chi connectivity index (χ0) is 14.9. The van der Waals surface area contributed by atoms with Crippen LogP contribution in [0.25, 0.3) is 0 Å². The number of aliphatic carboxylic acids is 1. The molecular formula is C15H17NO5. The van der Waals surface area contributed by atoms with Gasteiger partial charge in [-0.25, -0.2) is 0 Å². The highest BCUT2D eigenvalue weighted by Crippen LogP contribution is 2.44. The van der Waals surface area contributed by atoms with E-state index in [0.29, 0.717) is 30.9 Å². The van der Waals surface area contributed by atoms with Crippen molar-refractivity contribution in [3.05, 3.63) is 23.8 Å². The maximum Gasteiger partial charge on any atom is 0.310 e. The quantitative estimate of drug-likeness (QED) is 0.862. The Bertz CT molecular complexity index is 579. The second-order valence-electron chi connectivity index (χ2n) is 5.54. The van der Waals surface area contributed by atoms with Gasteiger partial charge in [-0.15, -0.1) is 0 Å². The van der Waals surface area contributed by atoms with Gasteiger partial charge in [0.15, 0.2) is 11.5 Å². The van der Waals surface area contributed by atoms with Crippen LogP contribution in [0.2, 0.25) is 0 Å². The summed E-state index contributed by atoms with van der Waals surface area (Å²) in [6.45, 7) is 0.490. The third-order valence-electron chi connectivity index (χ3n) is 4.22. The molecule has 1 fully saturated rings. The Morgan fingerprint density at radius 3 is 2.76 bits per heavy atom. The predicted octanol–water partition coefficient (Wildman–Crippen LogP) is 1.68. The van der Waals surface area contributed by atoms with Crippen LogP contribution in [-0.2, 0) is 16.1 Å². The molecular weight excluding hydrogens is 274 g/mol. The lowest BCUT2D eigenvalue weighted by Gasteiger charge is -2.36. The van der Waals surface area contributed by atoms with E-state index in [2.05, 4.69) is 5.32 Å². The number of rotatable bonds is 5. The first-order valence-corrected chi connectivity index (χ1v) is 6.98. The number of amides is 1. The average molecular weight is 291 g/mol. The second kappa shape index (κ2) is 5.27. The van der Waals surface area contributed by atoms with E-state index < -0.39 is 11.4 Å². The number of para-hydroxylation sites is 1. The number of ether oxygens (including phenoxy) is 2. The molecule has 6 nitrogen and oxygen atoms in total. The van der Waals surface area contributed by atoms with E-state index in [1.165, 1.54) is 0 Å². The Balaban J connectivity index is 1.59. The number of carbonyl (C=O) groups is 2. The molecule has 112 valence electrons. The molecule has 0 radical (unpaired) electrons. The molecule has 0 bridgehead atoms. The fraction of sp³-hybridized carbons (Fsp3) is 0.467. The zero-order valence-corrected chi connectivity index (χ0v) is 11.6. The Morgan fingerprint density at radius 1 is 1.29 bits per heavy atom. The van der Waals surface area contributed by atoms with Crippen molar-refractivity contribution in [3.63, 3.8) is 0 Å². The molecule has 1 heterocycles. The average Bonchev–Trinajstić information content (AvgIpc) is 2.89. The summed E-state index contributed by atoms with van der Waals surface area (Å²) in [6.07, 6.45) is 2.06. The van der Waals surface area contributed by atoms with E-state index in [0.717, 1.165) is 12.0 Å². The van der Waals surface area contributed by atoms with E-state index in [1.54, 1.807) is 6.07 Å². The molecule has 0 saturated heterocycles. The van der Waals surface area contributed by atoms with Crippen LogP contribution in [0.1, 0.15) is 31.2 Å². The minimum Gasteiger partial charge on any atom is -0.481 e. The van der Waals surface area contributed by atoms with E-state index >= 15 is 0 Å². The first-order valence-electron chi connectivity index (χ1n) is 6.98. The normalized spacial score (nSPS) is 17.9. The minimum absolute atomic E-state index is 0.0364. The van der Waals surface area contributed by atoms with Gasteiger partial charge in [0.05, 0.1) is 5.41 Å². The number of benzene rings is 1. The van der Waals surface area contributed by atoms with Gasteiger partial charge in [0.25, 0.3) is 0 Å². The summed E-state index contributed by atoms with van der Waals surface area (Å²) in [7, 11) is 0. The highest BCUT2D eigenvalue weighted by Gasteiger charge is 2.45. The number of carbonyl (C=O) groups excluding carboxylic acids is 1. The molecule has 21 heavy (non-hydrogen) atoms. The van der Waals surface area contributed by atoms with Crippen LogP contribution in [0, 0.1) is 5.41 Å². The molecule has 1 aromatic rings. The summed E-state index contributed by atoms with van der Waals surface area (Å²) < 4.78 is 10.6. The van der Waals surface area contributed by atoms with Gasteiger partial charge in [0.2, 0.25) is 12.7 Å². The van der Waals surface area contributed by atoms with E-state index in [4.69, 9.17) is 9.47 Å². The molecule has 0 atom stereocenters. The van der Waals surface area contributed by atoms with E-state index in [9.17, 15) is 14.7 Å². The molecule has 2 aliphatic rings. The molecule has 0 spiro atoms. The summed E-state index contributed by atoms with van der Waals surface area (Å²) in [5.41, 5.74) is -0.0289. The van der Waals surface area contributed by atoms with Gasteiger partial charge < -0.3 is 19.9 Å². The standard InChI is InChI=1S/C15H17NO5/c17-12(7-15(14(18)19)5-2-6-15)16-8-10-3-1-4-11-13(10)21-9-20-11/h1,3-4H,2,5-9H2,(H,16,17)(H,18,19). The van der Waals surface area contributed by atoms with Crippen molar-refractivity contribution < 1.29 is 24.2 Å². The lowest BCUT2D eigenvalue weighted by atomic mass is 9.66. The van der Waals surface area contributed by atoms with Crippen molar-refractivity contribution in [2.45, 2.75) is 32.2 Å². The van der Waals surface area contributed by atoms with E-state index in [1.807, 2.05) is 12.1 Å². The van der Waals surface area contributed by atoms with Crippen LogP contribution in [0.4, 0.5) is 0 Å². The molecule has 0 unspecified atom stereocenters. The summed E-state index contributed by atoms with van der Waals surface area (Å²) in [4.78, 5) is 23.2. The van der Waals surface area contributed by atoms with Gasteiger partial charge >= 0.3 is 5.97 Å². The topological polar surface area (TPSA) is 84.9 Å². The first kappa shape index (κ1) is 13.7. The number of hydrogen-bond donors (Lipinski definition) is 2. The highest BCUT2D eigenvalue weighted by molar-refractivity contribution is 5.85. The van der Waals surface area contributed by atoms with Gasteiger partial charge in [-0.1, -0.05) is 18.6 Å². The smallest absolute Gasteiger partial charge is 0.310 e. The SMILES string of the molecule is O=C(CC1(C(=O)O)CCC1)NCc1cccc2c1OCO2. The third kappa shape index (κ3) is 2.53. The molecule has 1 amide bonds. The number of carboxylic acid groups (broad SMARTS) is 1. The molecule has 1 aliphatic heterocycles. The van der Waals surface area contributed by atoms with Crippen LogP contribution < -0.4 is 14.8 Å². The van der Waals surface area contributed by atoms with Gasteiger partial charge in [-0.2, -0.15) is 0 Å². The lowest BCUT2D eigenvalue weighted by molar-refractivity contribution is -0.157. The van der Waals surface area contributed by atoms with Gasteiger partial charge in [-0.3, -0.25) is 9.59 Å². The van der Waals surface area contributed by atoms with Crippen molar-refractivity contribution in [3.8, 4) is 11.5 Å². The predicted molar refractivity (Wildman–Crippen MR) is 72.9 cm³/mol. The molecule has 1 saturated carbocycles.